The van der Waals surface area contributed by atoms with Gasteiger partial charge in [-0.15, -0.1) is 0 Å². The van der Waals surface area contributed by atoms with Gasteiger partial charge in [0.05, 0.1) is 10.6 Å². The van der Waals surface area contributed by atoms with Crippen LogP contribution in [0.1, 0.15) is 15.9 Å². The summed E-state index contributed by atoms with van der Waals surface area (Å²) in [6, 6.07) is 9.52. The number of amides is 1. The van der Waals surface area contributed by atoms with Crippen LogP contribution in [0.25, 0.3) is 22.5 Å². The normalized spacial score (nSPS) is 13.2. The minimum absolute atomic E-state index is 0.268. The first-order valence-corrected chi connectivity index (χ1v) is 10.5. The molecule has 5 rings (SSSR count). The van der Waals surface area contributed by atoms with Gasteiger partial charge >= 0.3 is 0 Å². The molecular formula is C23H20ClN7O. The fraction of sp³-hybridized carbons (Fsp3) is 0.174. The molecule has 0 bridgehead atoms. The van der Waals surface area contributed by atoms with Gasteiger partial charge in [-0.05, 0) is 42.3 Å². The fourth-order valence-electron chi connectivity index (χ4n) is 3.90. The van der Waals surface area contributed by atoms with E-state index in [2.05, 4.69) is 41.2 Å². The number of benzene rings is 1. The standard InChI is InChI=1S/C23H20ClN7O/c1-13-3-4-17(29-22(32)15-7-16(24)12-26-10-15)9-18(13)19-8-14-11-28-23(25-2)30-20(14)31-6-5-27-21(19)31/h3-4,7-12,27H,5-6H2,1-2H3,(H,29,32). The van der Waals surface area contributed by atoms with Gasteiger partial charge in [-0.25, -0.2) is 4.98 Å². The van der Waals surface area contributed by atoms with Crippen molar-refractivity contribution in [3.63, 3.8) is 0 Å². The molecule has 4 heterocycles. The Kier molecular flexibility index (Phi) is 5.07. The number of pyridine rings is 2. The van der Waals surface area contributed by atoms with Crippen molar-refractivity contribution in [2.24, 2.45) is 4.99 Å². The Morgan fingerprint density at radius 1 is 1.19 bits per heavy atom. The first-order chi connectivity index (χ1) is 15.5. The van der Waals surface area contributed by atoms with Crippen molar-refractivity contribution in [1.82, 2.24) is 19.5 Å². The second-order valence-corrected chi connectivity index (χ2v) is 7.97. The van der Waals surface area contributed by atoms with Crippen LogP contribution in [0.4, 0.5) is 11.5 Å². The second-order valence-electron chi connectivity index (χ2n) is 7.53. The van der Waals surface area contributed by atoms with E-state index >= 15 is 0 Å². The Labute approximate surface area is 189 Å². The molecule has 0 saturated heterocycles. The van der Waals surface area contributed by atoms with Gasteiger partial charge in [0.25, 0.3) is 5.91 Å². The van der Waals surface area contributed by atoms with Gasteiger partial charge in [0.15, 0.2) is 0 Å². The lowest BCUT2D eigenvalue weighted by atomic mass is 9.98. The number of anilines is 2. The van der Waals surface area contributed by atoms with Crippen LogP contribution in [0.3, 0.4) is 0 Å². The summed E-state index contributed by atoms with van der Waals surface area (Å²) >= 11 is 5.97. The fourth-order valence-corrected chi connectivity index (χ4v) is 4.08. The molecular weight excluding hydrogens is 426 g/mol. The number of rotatable bonds is 3. The number of hydrogen-bond acceptors (Lipinski definition) is 6. The van der Waals surface area contributed by atoms with Crippen molar-refractivity contribution in [3.05, 3.63) is 70.7 Å². The van der Waals surface area contributed by atoms with E-state index < -0.39 is 0 Å². The number of fused-ring (bicyclic) bond motifs is 3. The SMILES string of the molecule is CN=c1ncc2cc(-c3cc(NC(=O)c4cncc(Cl)c4)ccc3C)c3n(c-2n1)CCN3. The van der Waals surface area contributed by atoms with Crippen molar-refractivity contribution in [2.75, 3.05) is 24.2 Å². The summed E-state index contributed by atoms with van der Waals surface area (Å²) in [7, 11) is 1.68. The van der Waals surface area contributed by atoms with Crippen LogP contribution in [-0.4, -0.2) is 39.0 Å². The summed E-state index contributed by atoms with van der Waals surface area (Å²) in [5, 5.41) is 6.83. The lowest BCUT2D eigenvalue weighted by Crippen LogP contribution is -2.17. The molecule has 32 heavy (non-hydrogen) atoms. The molecule has 1 aromatic heterocycles. The number of carbonyl (C=O) groups excluding carboxylic acids is 1. The van der Waals surface area contributed by atoms with E-state index in [0.717, 1.165) is 47.0 Å². The van der Waals surface area contributed by atoms with Crippen LogP contribution in [0.15, 0.2) is 53.9 Å². The molecule has 0 spiro atoms. The highest BCUT2D eigenvalue weighted by atomic mass is 35.5. The molecule has 2 aromatic rings. The molecule has 1 amide bonds. The summed E-state index contributed by atoms with van der Waals surface area (Å²) in [6.45, 7) is 3.66. The molecule has 3 aliphatic heterocycles. The third-order valence-corrected chi connectivity index (χ3v) is 5.65. The number of aryl methyl sites for hydroxylation is 1. The topological polar surface area (TPSA) is 97.1 Å². The minimum Gasteiger partial charge on any atom is -0.369 e. The molecule has 0 fully saturated rings. The number of halogens is 1. The Balaban J connectivity index is 1.59. The van der Waals surface area contributed by atoms with Gasteiger partial charge in [0.1, 0.15) is 11.6 Å². The second kappa shape index (κ2) is 8.05. The highest BCUT2D eigenvalue weighted by molar-refractivity contribution is 6.30. The van der Waals surface area contributed by atoms with Gasteiger partial charge in [-0.1, -0.05) is 17.7 Å². The molecule has 8 nitrogen and oxygen atoms in total. The van der Waals surface area contributed by atoms with Crippen LogP contribution in [0.2, 0.25) is 5.02 Å². The average molecular weight is 446 g/mol. The smallest absolute Gasteiger partial charge is 0.257 e. The molecule has 0 saturated carbocycles. The summed E-state index contributed by atoms with van der Waals surface area (Å²) in [5.74, 6) is 1.57. The van der Waals surface area contributed by atoms with Crippen molar-refractivity contribution in [3.8, 4) is 22.5 Å². The number of carbonyl (C=O) groups is 1. The third kappa shape index (κ3) is 3.58. The molecule has 0 atom stereocenters. The minimum atomic E-state index is -0.268. The molecule has 9 heteroatoms. The Morgan fingerprint density at radius 2 is 2.06 bits per heavy atom. The molecule has 1 aromatic carbocycles. The van der Waals surface area contributed by atoms with E-state index in [4.69, 9.17) is 11.6 Å². The monoisotopic (exact) mass is 445 g/mol. The van der Waals surface area contributed by atoms with E-state index in [1.54, 1.807) is 19.3 Å². The summed E-state index contributed by atoms with van der Waals surface area (Å²) < 4.78 is 2.16. The summed E-state index contributed by atoms with van der Waals surface area (Å²) in [5.41, 5.74) is 5.60. The van der Waals surface area contributed by atoms with Gasteiger partial charge in [-0.3, -0.25) is 14.8 Å². The van der Waals surface area contributed by atoms with Gasteiger partial charge in [0, 0.05) is 55.5 Å². The molecule has 0 unspecified atom stereocenters. The van der Waals surface area contributed by atoms with E-state index in [-0.39, 0.29) is 5.91 Å². The van der Waals surface area contributed by atoms with Crippen LogP contribution in [0.5, 0.6) is 0 Å². The molecule has 0 radical (unpaired) electrons. The van der Waals surface area contributed by atoms with E-state index in [9.17, 15) is 4.79 Å². The highest BCUT2D eigenvalue weighted by Gasteiger charge is 2.23. The van der Waals surface area contributed by atoms with Crippen molar-refractivity contribution >= 4 is 29.0 Å². The summed E-state index contributed by atoms with van der Waals surface area (Å²) in [6.07, 6.45) is 4.78. The lowest BCUT2D eigenvalue weighted by molar-refractivity contribution is 0.102. The van der Waals surface area contributed by atoms with Crippen LogP contribution in [-0.2, 0) is 6.54 Å². The predicted molar refractivity (Wildman–Crippen MR) is 124 cm³/mol. The van der Waals surface area contributed by atoms with Gasteiger partial charge in [-0.2, -0.15) is 4.98 Å². The maximum atomic E-state index is 12.7. The maximum absolute atomic E-state index is 12.7. The molecule has 2 N–H and O–H groups in total. The Hall–Kier alpha value is -3.78. The van der Waals surface area contributed by atoms with Gasteiger partial charge < -0.3 is 15.2 Å². The first-order valence-electron chi connectivity index (χ1n) is 10.1. The quantitative estimate of drug-likeness (QED) is 0.502. The van der Waals surface area contributed by atoms with Gasteiger partial charge in [0.2, 0.25) is 5.62 Å². The lowest BCUT2D eigenvalue weighted by Gasteiger charge is -2.19. The largest absolute Gasteiger partial charge is 0.369 e. The number of nitrogens with one attached hydrogen (secondary N) is 2. The zero-order valence-corrected chi connectivity index (χ0v) is 18.3. The molecule has 0 aliphatic carbocycles. The zero-order chi connectivity index (χ0) is 22.2. The van der Waals surface area contributed by atoms with Crippen LogP contribution < -0.4 is 16.3 Å². The van der Waals surface area contributed by atoms with Crippen molar-refractivity contribution < 1.29 is 4.79 Å². The zero-order valence-electron chi connectivity index (χ0n) is 17.6. The Morgan fingerprint density at radius 3 is 2.88 bits per heavy atom. The van der Waals surface area contributed by atoms with E-state index in [0.29, 0.717) is 21.9 Å². The molecule has 160 valence electrons. The number of nitrogens with zero attached hydrogens (tertiary/aromatic N) is 5. The van der Waals surface area contributed by atoms with Crippen LogP contribution >= 0.6 is 11.6 Å². The van der Waals surface area contributed by atoms with Crippen molar-refractivity contribution in [1.29, 1.82) is 0 Å². The summed E-state index contributed by atoms with van der Waals surface area (Å²) in [4.78, 5) is 29.7. The average Bonchev–Trinajstić information content (AvgIpc) is 3.30. The van der Waals surface area contributed by atoms with Crippen molar-refractivity contribution in [2.45, 2.75) is 13.5 Å². The first kappa shape index (κ1) is 20.1. The Bertz CT molecular complexity index is 1400. The van der Waals surface area contributed by atoms with E-state index in [1.807, 2.05) is 25.1 Å². The third-order valence-electron chi connectivity index (χ3n) is 5.44. The van der Waals surface area contributed by atoms with Crippen LogP contribution in [0, 0.1) is 6.92 Å². The molecule has 3 aliphatic rings. The predicted octanol–water partition coefficient (Wildman–Crippen LogP) is 3.62. The number of hydrogen-bond donors (Lipinski definition) is 2. The maximum Gasteiger partial charge on any atom is 0.257 e. The van der Waals surface area contributed by atoms with E-state index in [1.165, 1.54) is 12.4 Å². The number of aromatic nitrogens is 4. The highest BCUT2D eigenvalue weighted by Crippen LogP contribution is 2.38.